The van der Waals surface area contributed by atoms with Crippen molar-refractivity contribution in [3.05, 3.63) is 56.6 Å². The van der Waals surface area contributed by atoms with E-state index in [1.54, 1.807) is 23.5 Å². The smallest absolute Gasteiger partial charge is 0.286 e. The quantitative estimate of drug-likeness (QED) is 0.829. The van der Waals surface area contributed by atoms with Crippen LogP contribution in [0.2, 0.25) is 5.02 Å². The summed E-state index contributed by atoms with van der Waals surface area (Å²) in [6.07, 6.45) is 1.85. The van der Waals surface area contributed by atoms with E-state index in [1.807, 2.05) is 35.7 Å². The van der Waals surface area contributed by atoms with Crippen molar-refractivity contribution in [1.82, 2.24) is 0 Å². The lowest BCUT2D eigenvalue weighted by atomic mass is 10.3. The monoisotopic (exact) mass is 320 g/mol. The highest BCUT2D eigenvalue weighted by atomic mass is 35.5. The summed E-state index contributed by atoms with van der Waals surface area (Å²) < 4.78 is 0. The average Bonchev–Trinajstić information content (AvgIpc) is 3.01. The fourth-order valence-corrected chi connectivity index (χ4v) is 3.40. The molecule has 2 aromatic rings. The number of carbonyl (C=O) groups excluding carboxylic acids is 1. The van der Waals surface area contributed by atoms with Gasteiger partial charge in [-0.15, -0.1) is 11.3 Å². The number of thioether (sulfide) groups is 1. The van der Waals surface area contributed by atoms with E-state index in [4.69, 9.17) is 11.6 Å². The third kappa shape index (κ3) is 3.12. The number of aliphatic imine (C=N–C) groups is 1. The molecule has 2 heterocycles. The SMILES string of the molecule is O=C1N=C(Nc2cccc(Cl)c2)SC1=Cc1cccs1. The van der Waals surface area contributed by atoms with Crippen molar-refractivity contribution in [2.75, 3.05) is 5.32 Å². The highest BCUT2D eigenvalue weighted by Crippen LogP contribution is 2.30. The minimum Gasteiger partial charge on any atom is -0.334 e. The van der Waals surface area contributed by atoms with Crippen LogP contribution in [0.5, 0.6) is 0 Å². The standard InChI is InChI=1S/C14H9ClN2OS2/c15-9-3-1-4-10(7-9)16-14-17-13(18)12(20-14)8-11-5-2-6-19-11/h1-8H,(H,16,17,18). The molecule has 1 amide bonds. The summed E-state index contributed by atoms with van der Waals surface area (Å²) in [5, 5.41) is 6.27. The molecule has 0 fully saturated rings. The Morgan fingerprint density at radius 2 is 2.15 bits per heavy atom. The molecule has 1 aliphatic rings. The van der Waals surface area contributed by atoms with Gasteiger partial charge in [-0.1, -0.05) is 23.7 Å². The maximum atomic E-state index is 11.8. The number of benzene rings is 1. The molecular formula is C14H9ClN2OS2. The zero-order valence-electron chi connectivity index (χ0n) is 10.2. The van der Waals surface area contributed by atoms with Crippen LogP contribution in [0.25, 0.3) is 6.08 Å². The molecule has 1 aromatic carbocycles. The number of amides is 1. The maximum Gasteiger partial charge on any atom is 0.286 e. The predicted molar refractivity (Wildman–Crippen MR) is 87.4 cm³/mol. The zero-order chi connectivity index (χ0) is 13.9. The van der Waals surface area contributed by atoms with Gasteiger partial charge in [-0.25, -0.2) is 0 Å². The molecule has 20 heavy (non-hydrogen) atoms. The van der Waals surface area contributed by atoms with Gasteiger partial charge < -0.3 is 5.32 Å². The van der Waals surface area contributed by atoms with Crippen LogP contribution in [0.15, 0.2) is 51.7 Å². The molecule has 0 radical (unpaired) electrons. The summed E-state index contributed by atoms with van der Waals surface area (Å²) in [5.74, 6) is -0.215. The summed E-state index contributed by atoms with van der Waals surface area (Å²) >= 11 is 8.84. The Kier molecular flexibility index (Phi) is 3.91. The molecule has 0 bridgehead atoms. The van der Waals surface area contributed by atoms with Crippen LogP contribution in [0, 0.1) is 0 Å². The number of anilines is 1. The van der Waals surface area contributed by atoms with Gasteiger partial charge in [0.05, 0.1) is 4.91 Å². The normalized spacial score (nSPS) is 16.6. The first kappa shape index (κ1) is 13.4. The van der Waals surface area contributed by atoms with E-state index in [9.17, 15) is 4.79 Å². The molecule has 0 spiro atoms. The van der Waals surface area contributed by atoms with Gasteiger partial charge in [-0.2, -0.15) is 4.99 Å². The molecule has 3 rings (SSSR count). The molecule has 0 atom stereocenters. The van der Waals surface area contributed by atoms with Gasteiger partial charge in [-0.05, 0) is 47.5 Å². The van der Waals surface area contributed by atoms with Crippen LogP contribution >= 0.6 is 34.7 Å². The largest absolute Gasteiger partial charge is 0.334 e. The molecule has 1 N–H and O–H groups in total. The van der Waals surface area contributed by atoms with Crippen molar-refractivity contribution >= 4 is 57.5 Å². The second-order valence-corrected chi connectivity index (χ2v) is 6.43. The summed E-state index contributed by atoms with van der Waals surface area (Å²) in [5.41, 5.74) is 0.814. The van der Waals surface area contributed by atoms with Crippen molar-refractivity contribution in [3.63, 3.8) is 0 Å². The van der Waals surface area contributed by atoms with Gasteiger partial charge >= 0.3 is 0 Å². The molecule has 1 aliphatic heterocycles. The Morgan fingerprint density at radius 3 is 2.90 bits per heavy atom. The topological polar surface area (TPSA) is 41.5 Å². The number of thiophene rings is 1. The summed E-state index contributed by atoms with van der Waals surface area (Å²) in [4.78, 5) is 17.5. The molecule has 1 aromatic heterocycles. The lowest BCUT2D eigenvalue weighted by molar-refractivity contribution is -0.113. The first-order valence-corrected chi connectivity index (χ1v) is 7.87. The summed E-state index contributed by atoms with van der Waals surface area (Å²) in [7, 11) is 0. The van der Waals surface area contributed by atoms with Crippen LogP contribution in [0.1, 0.15) is 4.88 Å². The molecular weight excluding hydrogens is 312 g/mol. The molecule has 0 aliphatic carbocycles. The van der Waals surface area contributed by atoms with E-state index in [-0.39, 0.29) is 5.91 Å². The number of nitrogens with zero attached hydrogens (tertiary/aromatic N) is 1. The average molecular weight is 321 g/mol. The van der Waals surface area contributed by atoms with Crippen molar-refractivity contribution in [3.8, 4) is 0 Å². The summed E-state index contributed by atoms with van der Waals surface area (Å²) in [6, 6.07) is 11.2. The van der Waals surface area contributed by atoms with Crippen LogP contribution in [-0.4, -0.2) is 11.1 Å². The van der Waals surface area contributed by atoms with Gasteiger partial charge in [0.15, 0.2) is 5.17 Å². The number of carbonyl (C=O) groups is 1. The van der Waals surface area contributed by atoms with Crippen LogP contribution in [0.3, 0.4) is 0 Å². The minimum absolute atomic E-state index is 0.215. The molecule has 3 nitrogen and oxygen atoms in total. The van der Waals surface area contributed by atoms with Gasteiger partial charge in [-0.3, -0.25) is 4.79 Å². The van der Waals surface area contributed by atoms with Gasteiger partial charge in [0, 0.05) is 15.6 Å². The van der Waals surface area contributed by atoms with Gasteiger partial charge in [0.2, 0.25) is 0 Å². The predicted octanol–water partition coefficient (Wildman–Crippen LogP) is 4.48. The van der Waals surface area contributed by atoms with Crippen LogP contribution < -0.4 is 5.32 Å². The van der Waals surface area contributed by atoms with Crippen molar-refractivity contribution in [1.29, 1.82) is 0 Å². The van der Waals surface area contributed by atoms with Crippen LogP contribution in [0.4, 0.5) is 5.69 Å². The highest BCUT2D eigenvalue weighted by molar-refractivity contribution is 8.18. The van der Waals surface area contributed by atoms with Gasteiger partial charge in [0.1, 0.15) is 0 Å². The maximum absolute atomic E-state index is 11.8. The van der Waals surface area contributed by atoms with Crippen molar-refractivity contribution in [2.24, 2.45) is 4.99 Å². The van der Waals surface area contributed by atoms with Gasteiger partial charge in [0.25, 0.3) is 5.91 Å². The second-order valence-electron chi connectivity index (χ2n) is 3.98. The third-order valence-corrected chi connectivity index (χ3v) is 4.47. The van der Waals surface area contributed by atoms with E-state index in [0.717, 1.165) is 10.6 Å². The van der Waals surface area contributed by atoms with E-state index in [2.05, 4.69) is 10.3 Å². The van der Waals surface area contributed by atoms with Crippen molar-refractivity contribution in [2.45, 2.75) is 0 Å². The number of hydrogen-bond acceptors (Lipinski definition) is 4. The number of amidine groups is 1. The zero-order valence-corrected chi connectivity index (χ0v) is 12.6. The van der Waals surface area contributed by atoms with Crippen LogP contribution in [-0.2, 0) is 4.79 Å². The lowest BCUT2D eigenvalue weighted by Gasteiger charge is -2.04. The van der Waals surface area contributed by atoms with E-state index >= 15 is 0 Å². The number of rotatable bonds is 2. The fraction of sp³-hybridized carbons (Fsp3) is 0. The fourth-order valence-electron chi connectivity index (χ4n) is 1.65. The van der Waals surface area contributed by atoms with E-state index < -0.39 is 0 Å². The first-order valence-electron chi connectivity index (χ1n) is 5.79. The second kappa shape index (κ2) is 5.83. The molecule has 0 saturated heterocycles. The first-order chi connectivity index (χ1) is 9.70. The summed E-state index contributed by atoms with van der Waals surface area (Å²) in [6.45, 7) is 0. The third-order valence-electron chi connectivity index (χ3n) is 2.51. The van der Waals surface area contributed by atoms with E-state index in [1.165, 1.54) is 11.8 Å². The number of halogens is 1. The number of hydrogen-bond donors (Lipinski definition) is 1. The Balaban J connectivity index is 1.74. The Morgan fingerprint density at radius 1 is 1.25 bits per heavy atom. The Hall–Kier alpha value is -1.56. The molecule has 0 saturated carbocycles. The Labute approximate surface area is 129 Å². The molecule has 100 valence electrons. The minimum atomic E-state index is -0.215. The highest BCUT2D eigenvalue weighted by Gasteiger charge is 2.22. The van der Waals surface area contributed by atoms with E-state index in [0.29, 0.717) is 15.1 Å². The molecule has 0 unspecified atom stereocenters. The lowest BCUT2D eigenvalue weighted by Crippen LogP contribution is -2.04. The van der Waals surface area contributed by atoms with Crippen molar-refractivity contribution < 1.29 is 4.79 Å². The Bertz CT molecular complexity index is 708. The number of nitrogens with one attached hydrogen (secondary N) is 1. The molecule has 6 heteroatoms.